The second-order valence-electron chi connectivity index (χ2n) is 8.65. The van der Waals surface area contributed by atoms with E-state index in [2.05, 4.69) is 40.5 Å². The van der Waals surface area contributed by atoms with Crippen LogP contribution < -0.4 is 0 Å². The van der Waals surface area contributed by atoms with E-state index in [1.54, 1.807) is 0 Å². The lowest BCUT2D eigenvalue weighted by Crippen LogP contribution is -2.38. The zero-order valence-electron chi connectivity index (χ0n) is 18.4. The molecule has 164 valence electrons. The number of nitrogens with zero attached hydrogens (tertiary/aromatic N) is 3. The van der Waals surface area contributed by atoms with Gasteiger partial charge >= 0.3 is 0 Å². The van der Waals surface area contributed by atoms with Crippen molar-refractivity contribution in [3.05, 3.63) is 87.8 Å². The SMILES string of the molecule is Cc1nn(Cc2ccccc2Cl)c(C)c1C(=O)N1CCC(c2c[nH]c3ccccc23)CC1. The summed E-state index contributed by atoms with van der Waals surface area (Å²) >= 11 is 6.33. The summed E-state index contributed by atoms with van der Waals surface area (Å²) in [6, 6.07) is 16.2. The van der Waals surface area contributed by atoms with Crippen molar-refractivity contribution in [3.8, 4) is 0 Å². The molecule has 0 radical (unpaired) electrons. The number of piperidine rings is 1. The molecule has 1 aliphatic heterocycles. The Morgan fingerprint density at radius 2 is 1.81 bits per heavy atom. The molecule has 1 saturated heterocycles. The molecule has 1 amide bonds. The fourth-order valence-electron chi connectivity index (χ4n) is 4.93. The predicted molar refractivity (Wildman–Crippen MR) is 128 cm³/mol. The first-order valence-electron chi connectivity index (χ1n) is 11.2. The number of H-pyrrole nitrogens is 1. The highest BCUT2D eigenvalue weighted by atomic mass is 35.5. The zero-order chi connectivity index (χ0) is 22.2. The Balaban J connectivity index is 1.31. The lowest BCUT2D eigenvalue weighted by molar-refractivity contribution is 0.0711. The van der Waals surface area contributed by atoms with Gasteiger partial charge in [-0.3, -0.25) is 9.48 Å². The monoisotopic (exact) mass is 446 g/mol. The number of aryl methyl sites for hydroxylation is 1. The van der Waals surface area contributed by atoms with Crippen LogP contribution >= 0.6 is 11.6 Å². The smallest absolute Gasteiger partial charge is 0.257 e. The number of aromatic amines is 1. The highest BCUT2D eigenvalue weighted by Gasteiger charge is 2.29. The molecule has 4 aromatic rings. The number of halogens is 1. The summed E-state index contributed by atoms with van der Waals surface area (Å²) in [5, 5.41) is 6.67. The van der Waals surface area contributed by atoms with Gasteiger partial charge in [-0.05, 0) is 55.9 Å². The lowest BCUT2D eigenvalue weighted by Gasteiger charge is -2.32. The number of hydrogen-bond donors (Lipinski definition) is 1. The van der Waals surface area contributed by atoms with E-state index in [1.165, 1.54) is 16.5 Å². The molecule has 1 N–H and O–H groups in total. The quantitative estimate of drug-likeness (QED) is 0.437. The van der Waals surface area contributed by atoms with Crippen LogP contribution in [0.4, 0.5) is 0 Å². The number of amides is 1. The number of hydrogen-bond acceptors (Lipinski definition) is 2. The van der Waals surface area contributed by atoms with Crippen LogP contribution in [0.5, 0.6) is 0 Å². The fourth-order valence-corrected chi connectivity index (χ4v) is 5.13. The maximum Gasteiger partial charge on any atom is 0.257 e. The van der Waals surface area contributed by atoms with Crippen molar-refractivity contribution in [2.45, 2.75) is 39.2 Å². The zero-order valence-corrected chi connectivity index (χ0v) is 19.2. The van der Waals surface area contributed by atoms with E-state index in [1.807, 2.05) is 47.7 Å². The average molecular weight is 447 g/mol. The summed E-state index contributed by atoms with van der Waals surface area (Å²) in [5.41, 5.74) is 5.94. The van der Waals surface area contributed by atoms with Gasteiger partial charge in [-0.15, -0.1) is 0 Å². The molecular formula is C26H27ClN4O. The van der Waals surface area contributed by atoms with Crippen LogP contribution in [0.15, 0.2) is 54.7 Å². The van der Waals surface area contributed by atoms with Crippen molar-refractivity contribution in [1.29, 1.82) is 0 Å². The number of rotatable bonds is 4. The molecule has 5 nitrogen and oxygen atoms in total. The van der Waals surface area contributed by atoms with Gasteiger partial charge in [-0.25, -0.2) is 0 Å². The van der Waals surface area contributed by atoms with E-state index < -0.39 is 0 Å². The Morgan fingerprint density at radius 3 is 2.59 bits per heavy atom. The second kappa shape index (κ2) is 8.47. The molecule has 1 aliphatic rings. The standard InChI is InChI=1S/C26H27ClN4O/c1-17-25(18(2)31(29-17)16-20-7-3-5-9-23(20)27)26(32)30-13-11-19(12-14-30)22-15-28-24-10-6-4-8-21(22)24/h3-10,15,19,28H,11-14,16H2,1-2H3. The van der Waals surface area contributed by atoms with Crippen LogP contribution in [0, 0.1) is 13.8 Å². The van der Waals surface area contributed by atoms with Gasteiger partial charge in [-0.1, -0.05) is 48.0 Å². The van der Waals surface area contributed by atoms with Crippen molar-refractivity contribution in [1.82, 2.24) is 19.7 Å². The molecule has 0 atom stereocenters. The third kappa shape index (κ3) is 3.71. The fraction of sp³-hybridized carbons (Fsp3) is 0.308. The number of para-hydroxylation sites is 1. The van der Waals surface area contributed by atoms with Crippen molar-refractivity contribution in [3.63, 3.8) is 0 Å². The third-order valence-corrected chi connectivity index (χ3v) is 7.09. The molecule has 32 heavy (non-hydrogen) atoms. The number of benzene rings is 2. The minimum Gasteiger partial charge on any atom is -0.361 e. The van der Waals surface area contributed by atoms with Crippen LogP contribution in [-0.2, 0) is 6.54 Å². The van der Waals surface area contributed by atoms with Crippen molar-refractivity contribution in [2.75, 3.05) is 13.1 Å². The third-order valence-electron chi connectivity index (χ3n) is 6.72. The number of carbonyl (C=O) groups is 1. The van der Waals surface area contributed by atoms with E-state index in [0.717, 1.165) is 48.4 Å². The van der Waals surface area contributed by atoms with Gasteiger partial charge in [-0.2, -0.15) is 5.10 Å². The first-order valence-corrected chi connectivity index (χ1v) is 11.5. The van der Waals surface area contributed by atoms with Gasteiger partial charge in [0.2, 0.25) is 0 Å². The van der Waals surface area contributed by atoms with Crippen LogP contribution in [0.1, 0.15) is 51.6 Å². The molecule has 2 aromatic carbocycles. The summed E-state index contributed by atoms with van der Waals surface area (Å²) in [5.74, 6) is 0.558. The van der Waals surface area contributed by atoms with Gasteiger partial charge in [0, 0.05) is 40.9 Å². The summed E-state index contributed by atoms with van der Waals surface area (Å²) in [4.78, 5) is 18.8. The normalized spacial score (nSPS) is 14.9. The highest BCUT2D eigenvalue weighted by molar-refractivity contribution is 6.31. The van der Waals surface area contributed by atoms with Gasteiger partial charge < -0.3 is 9.88 Å². The largest absolute Gasteiger partial charge is 0.361 e. The number of carbonyl (C=O) groups excluding carboxylic acids is 1. The number of nitrogens with one attached hydrogen (secondary N) is 1. The number of fused-ring (bicyclic) bond motifs is 1. The van der Waals surface area contributed by atoms with E-state index in [-0.39, 0.29) is 5.91 Å². The van der Waals surface area contributed by atoms with Crippen molar-refractivity contribution in [2.24, 2.45) is 0 Å². The molecule has 0 saturated carbocycles. The van der Waals surface area contributed by atoms with Crippen LogP contribution in [0.25, 0.3) is 10.9 Å². The summed E-state index contributed by atoms with van der Waals surface area (Å²) in [6.45, 7) is 5.97. The molecule has 0 unspecified atom stereocenters. The molecule has 0 spiro atoms. The molecule has 0 aliphatic carbocycles. The van der Waals surface area contributed by atoms with E-state index in [4.69, 9.17) is 11.6 Å². The maximum atomic E-state index is 13.4. The van der Waals surface area contributed by atoms with Crippen molar-refractivity contribution < 1.29 is 4.79 Å². The van der Waals surface area contributed by atoms with Gasteiger partial charge in [0.05, 0.1) is 17.8 Å². The minimum absolute atomic E-state index is 0.0859. The summed E-state index contributed by atoms with van der Waals surface area (Å²) in [7, 11) is 0. The minimum atomic E-state index is 0.0859. The molecular weight excluding hydrogens is 420 g/mol. The Morgan fingerprint density at radius 1 is 1.09 bits per heavy atom. The van der Waals surface area contributed by atoms with Crippen molar-refractivity contribution >= 4 is 28.4 Å². The summed E-state index contributed by atoms with van der Waals surface area (Å²) < 4.78 is 1.89. The molecule has 0 bridgehead atoms. The van der Waals surface area contributed by atoms with E-state index in [0.29, 0.717) is 17.5 Å². The number of likely N-dealkylation sites (tertiary alicyclic amines) is 1. The van der Waals surface area contributed by atoms with Gasteiger partial charge in [0.15, 0.2) is 0 Å². The molecule has 1 fully saturated rings. The summed E-state index contributed by atoms with van der Waals surface area (Å²) in [6.07, 6.45) is 4.08. The lowest BCUT2D eigenvalue weighted by atomic mass is 9.89. The first kappa shape index (κ1) is 20.8. The molecule has 6 heteroatoms. The van der Waals surface area contributed by atoms with Crippen LogP contribution in [-0.4, -0.2) is 38.7 Å². The maximum absolute atomic E-state index is 13.4. The molecule has 2 aromatic heterocycles. The number of aromatic nitrogens is 3. The Bertz CT molecular complexity index is 1280. The Kier molecular flexibility index (Phi) is 5.51. The van der Waals surface area contributed by atoms with Gasteiger partial charge in [0.1, 0.15) is 0 Å². The molecule has 3 heterocycles. The van der Waals surface area contributed by atoms with E-state index in [9.17, 15) is 4.79 Å². The Labute approximate surface area is 193 Å². The van der Waals surface area contributed by atoms with E-state index >= 15 is 0 Å². The van der Waals surface area contributed by atoms with Gasteiger partial charge in [0.25, 0.3) is 5.91 Å². The topological polar surface area (TPSA) is 53.9 Å². The first-order chi connectivity index (χ1) is 15.5. The predicted octanol–water partition coefficient (Wildman–Crippen LogP) is 5.70. The average Bonchev–Trinajstić information content (AvgIpc) is 3.35. The van der Waals surface area contributed by atoms with Crippen LogP contribution in [0.3, 0.4) is 0 Å². The Hall–Kier alpha value is -3.05. The second-order valence-corrected chi connectivity index (χ2v) is 9.06. The highest BCUT2D eigenvalue weighted by Crippen LogP contribution is 2.34. The van der Waals surface area contributed by atoms with Crippen LogP contribution in [0.2, 0.25) is 5.02 Å². The molecule has 5 rings (SSSR count).